The lowest BCUT2D eigenvalue weighted by molar-refractivity contribution is -0.136. The maximum Gasteiger partial charge on any atom is 0.315 e. The molecule has 26 heavy (non-hydrogen) atoms. The minimum atomic E-state index is -0.475. The Morgan fingerprint density at radius 2 is 2.00 bits per heavy atom. The third-order valence-electron chi connectivity index (χ3n) is 5.41. The quantitative estimate of drug-likeness (QED) is 0.895. The van der Waals surface area contributed by atoms with Crippen LogP contribution in [0.4, 0.5) is 9.18 Å². The van der Waals surface area contributed by atoms with Crippen LogP contribution in [0.5, 0.6) is 0 Å². The van der Waals surface area contributed by atoms with Gasteiger partial charge < -0.3 is 20.3 Å². The van der Waals surface area contributed by atoms with Crippen LogP contribution in [0.3, 0.4) is 0 Å². The average molecular weight is 363 g/mol. The SMILES string of the molecule is Cc1cc(F)ccc1C1CC(CC(=O)N2CCOCC2)CCN1C(N)=O. The molecule has 2 atom stereocenters. The van der Waals surface area contributed by atoms with Gasteiger partial charge in [0.05, 0.1) is 19.3 Å². The Morgan fingerprint density at radius 3 is 2.65 bits per heavy atom. The summed E-state index contributed by atoms with van der Waals surface area (Å²) in [5.41, 5.74) is 7.25. The van der Waals surface area contributed by atoms with Crippen molar-refractivity contribution in [2.45, 2.75) is 32.2 Å². The van der Waals surface area contributed by atoms with E-state index in [-0.39, 0.29) is 23.7 Å². The molecule has 7 heteroatoms. The number of hydrogen-bond donors (Lipinski definition) is 1. The standard InChI is InChI=1S/C19H26FN3O3/c1-13-10-15(20)2-3-16(13)17-11-14(4-5-23(17)19(21)25)12-18(24)22-6-8-26-9-7-22/h2-3,10,14,17H,4-9,11-12H2,1H3,(H2,21,25). The van der Waals surface area contributed by atoms with Crippen LogP contribution in [0.2, 0.25) is 0 Å². The number of morpholine rings is 1. The number of piperidine rings is 1. The first-order valence-corrected chi connectivity index (χ1v) is 9.13. The molecule has 2 heterocycles. The molecule has 0 spiro atoms. The summed E-state index contributed by atoms with van der Waals surface area (Å²) >= 11 is 0. The van der Waals surface area contributed by atoms with Gasteiger partial charge in [0.15, 0.2) is 0 Å². The Hall–Kier alpha value is -2.15. The van der Waals surface area contributed by atoms with Gasteiger partial charge in [-0.15, -0.1) is 0 Å². The summed E-state index contributed by atoms with van der Waals surface area (Å²) in [6, 6.07) is 3.90. The van der Waals surface area contributed by atoms with Gasteiger partial charge >= 0.3 is 6.03 Å². The molecule has 3 rings (SSSR count). The molecule has 2 aliphatic heterocycles. The highest BCUT2D eigenvalue weighted by Gasteiger charge is 2.34. The van der Waals surface area contributed by atoms with Gasteiger partial charge in [0, 0.05) is 26.1 Å². The van der Waals surface area contributed by atoms with Gasteiger partial charge in [0.2, 0.25) is 5.91 Å². The van der Waals surface area contributed by atoms with Crippen LogP contribution >= 0.6 is 0 Å². The van der Waals surface area contributed by atoms with E-state index in [1.807, 2.05) is 11.8 Å². The molecule has 2 aliphatic rings. The highest BCUT2D eigenvalue weighted by atomic mass is 19.1. The van der Waals surface area contributed by atoms with E-state index in [2.05, 4.69) is 0 Å². The first-order chi connectivity index (χ1) is 12.5. The van der Waals surface area contributed by atoms with E-state index >= 15 is 0 Å². The number of carbonyl (C=O) groups excluding carboxylic acids is 2. The molecule has 6 nitrogen and oxygen atoms in total. The van der Waals surface area contributed by atoms with Gasteiger partial charge in [-0.1, -0.05) is 6.07 Å². The molecule has 0 saturated carbocycles. The van der Waals surface area contributed by atoms with Gasteiger partial charge in [-0.25, -0.2) is 9.18 Å². The summed E-state index contributed by atoms with van der Waals surface area (Å²) in [5, 5.41) is 0. The molecule has 0 aromatic heterocycles. The highest BCUT2D eigenvalue weighted by Crippen LogP contribution is 2.37. The van der Waals surface area contributed by atoms with Gasteiger partial charge in [0.25, 0.3) is 0 Å². The predicted octanol–water partition coefficient (Wildman–Crippen LogP) is 2.21. The molecule has 2 fully saturated rings. The zero-order valence-corrected chi connectivity index (χ0v) is 15.1. The van der Waals surface area contributed by atoms with Crippen molar-refractivity contribution in [1.29, 1.82) is 0 Å². The Bertz CT molecular complexity index is 676. The summed E-state index contributed by atoms with van der Waals surface area (Å²) in [6.45, 7) is 4.80. The fourth-order valence-corrected chi connectivity index (χ4v) is 3.98. The van der Waals surface area contributed by atoms with Crippen LogP contribution in [0, 0.1) is 18.7 Å². The van der Waals surface area contributed by atoms with E-state index < -0.39 is 6.03 Å². The van der Waals surface area contributed by atoms with Crippen LogP contribution < -0.4 is 5.73 Å². The smallest absolute Gasteiger partial charge is 0.315 e. The van der Waals surface area contributed by atoms with Gasteiger partial charge in [0.1, 0.15) is 5.82 Å². The number of carbonyl (C=O) groups is 2. The molecule has 0 bridgehead atoms. The number of nitrogens with two attached hydrogens (primary N) is 1. The average Bonchev–Trinajstić information content (AvgIpc) is 2.62. The second-order valence-corrected chi connectivity index (χ2v) is 7.14. The molecule has 142 valence electrons. The number of hydrogen-bond acceptors (Lipinski definition) is 3. The minimum absolute atomic E-state index is 0.139. The Labute approximate surface area is 153 Å². The number of benzene rings is 1. The number of nitrogens with zero attached hydrogens (tertiary/aromatic N) is 2. The number of ether oxygens (including phenoxy) is 1. The fourth-order valence-electron chi connectivity index (χ4n) is 3.98. The normalized spacial score (nSPS) is 23.8. The third-order valence-corrected chi connectivity index (χ3v) is 5.41. The third kappa shape index (κ3) is 4.15. The molecule has 0 radical (unpaired) electrons. The van der Waals surface area contributed by atoms with Crippen molar-refractivity contribution < 1.29 is 18.7 Å². The molecular formula is C19H26FN3O3. The number of aryl methyl sites for hydroxylation is 1. The summed E-state index contributed by atoms with van der Waals surface area (Å²) in [7, 11) is 0. The van der Waals surface area contributed by atoms with Crippen LogP contribution in [0.15, 0.2) is 18.2 Å². The van der Waals surface area contributed by atoms with Gasteiger partial charge in [-0.3, -0.25) is 4.79 Å². The van der Waals surface area contributed by atoms with Crippen molar-refractivity contribution in [3.8, 4) is 0 Å². The predicted molar refractivity (Wildman–Crippen MR) is 94.9 cm³/mol. The molecule has 0 aliphatic carbocycles. The first-order valence-electron chi connectivity index (χ1n) is 9.13. The molecular weight excluding hydrogens is 337 g/mol. The maximum absolute atomic E-state index is 13.5. The van der Waals surface area contributed by atoms with E-state index in [1.54, 1.807) is 11.0 Å². The summed E-state index contributed by atoms with van der Waals surface area (Å²) in [5.74, 6) is 0.0162. The fraction of sp³-hybridized carbons (Fsp3) is 0.579. The molecule has 3 amide bonds. The zero-order valence-electron chi connectivity index (χ0n) is 15.1. The lowest BCUT2D eigenvalue weighted by atomic mass is 9.83. The van der Waals surface area contributed by atoms with Crippen LogP contribution in [0.25, 0.3) is 0 Å². The van der Waals surface area contributed by atoms with Crippen LogP contribution in [-0.2, 0) is 9.53 Å². The Morgan fingerprint density at radius 1 is 1.27 bits per heavy atom. The summed E-state index contributed by atoms with van der Waals surface area (Å²) in [6.07, 6.45) is 1.87. The molecule has 2 saturated heterocycles. The Kier molecular flexibility index (Phi) is 5.76. The van der Waals surface area contributed by atoms with E-state index in [0.29, 0.717) is 45.7 Å². The van der Waals surface area contributed by atoms with Crippen molar-refractivity contribution in [3.05, 3.63) is 35.1 Å². The number of amides is 3. The zero-order chi connectivity index (χ0) is 18.7. The monoisotopic (exact) mass is 363 g/mol. The number of likely N-dealkylation sites (tertiary alicyclic amines) is 1. The Balaban J connectivity index is 1.73. The molecule has 1 aromatic rings. The van der Waals surface area contributed by atoms with Crippen molar-refractivity contribution >= 4 is 11.9 Å². The lowest BCUT2D eigenvalue weighted by Gasteiger charge is -2.40. The minimum Gasteiger partial charge on any atom is -0.378 e. The molecule has 2 unspecified atom stereocenters. The van der Waals surface area contributed by atoms with Crippen molar-refractivity contribution in [2.24, 2.45) is 11.7 Å². The summed E-state index contributed by atoms with van der Waals surface area (Å²) < 4.78 is 18.8. The van der Waals surface area contributed by atoms with Crippen LogP contribution in [-0.4, -0.2) is 54.6 Å². The first kappa shape index (κ1) is 18.6. The number of primary amides is 1. The molecule has 2 N–H and O–H groups in total. The topological polar surface area (TPSA) is 75.9 Å². The number of urea groups is 1. The van der Waals surface area contributed by atoms with E-state index in [4.69, 9.17) is 10.5 Å². The van der Waals surface area contributed by atoms with E-state index in [9.17, 15) is 14.0 Å². The van der Waals surface area contributed by atoms with Crippen molar-refractivity contribution in [3.63, 3.8) is 0 Å². The van der Waals surface area contributed by atoms with E-state index in [1.165, 1.54) is 12.1 Å². The largest absolute Gasteiger partial charge is 0.378 e. The number of halogens is 1. The molecule has 1 aromatic carbocycles. The van der Waals surface area contributed by atoms with Gasteiger partial charge in [-0.05, 0) is 48.9 Å². The van der Waals surface area contributed by atoms with E-state index in [0.717, 1.165) is 17.5 Å². The van der Waals surface area contributed by atoms with Crippen molar-refractivity contribution in [1.82, 2.24) is 9.80 Å². The maximum atomic E-state index is 13.5. The highest BCUT2D eigenvalue weighted by molar-refractivity contribution is 5.77. The second kappa shape index (κ2) is 8.03. The summed E-state index contributed by atoms with van der Waals surface area (Å²) in [4.78, 5) is 27.9. The van der Waals surface area contributed by atoms with Gasteiger partial charge in [-0.2, -0.15) is 0 Å². The lowest BCUT2D eigenvalue weighted by Crippen LogP contribution is -2.46. The second-order valence-electron chi connectivity index (χ2n) is 7.14. The number of rotatable bonds is 3. The van der Waals surface area contributed by atoms with Crippen LogP contribution in [0.1, 0.15) is 36.4 Å². The van der Waals surface area contributed by atoms with Crippen molar-refractivity contribution in [2.75, 3.05) is 32.8 Å².